The maximum atomic E-state index is 13.4. The van der Waals surface area contributed by atoms with Gasteiger partial charge >= 0.3 is 5.97 Å². The third-order valence-electron chi connectivity index (χ3n) is 7.78. The number of carbonyl (C=O) groups excluding carboxylic acids is 1. The molecule has 8 heteroatoms. The first-order valence-electron chi connectivity index (χ1n) is 12.9. The van der Waals surface area contributed by atoms with Gasteiger partial charge in [-0.05, 0) is 31.7 Å². The molecular formula is C28H42O8. The van der Waals surface area contributed by atoms with E-state index in [9.17, 15) is 20.1 Å². The van der Waals surface area contributed by atoms with E-state index in [1.165, 1.54) is 14.0 Å². The summed E-state index contributed by atoms with van der Waals surface area (Å²) in [6.07, 6.45) is 1.60. The summed E-state index contributed by atoms with van der Waals surface area (Å²) in [5, 5.41) is 33.5. The van der Waals surface area contributed by atoms with Crippen LogP contribution in [0.2, 0.25) is 0 Å². The van der Waals surface area contributed by atoms with Crippen LogP contribution in [0.15, 0.2) is 42.5 Å². The lowest BCUT2D eigenvalue weighted by Crippen LogP contribution is -2.66. The molecule has 1 aromatic rings. The molecule has 0 saturated carbocycles. The van der Waals surface area contributed by atoms with Crippen LogP contribution in [0.25, 0.3) is 0 Å². The van der Waals surface area contributed by atoms with Gasteiger partial charge in [0.1, 0.15) is 18.1 Å². The van der Waals surface area contributed by atoms with Crippen molar-refractivity contribution in [3.05, 3.63) is 48.0 Å². The molecule has 8 nitrogen and oxygen atoms in total. The fourth-order valence-electron chi connectivity index (χ4n) is 5.35. The van der Waals surface area contributed by atoms with Crippen LogP contribution in [0, 0.1) is 17.8 Å². The minimum Gasteiger partial charge on any atom is -0.457 e. The van der Waals surface area contributed by atoms with E-state index < -0.39 is 54.1 Å². The van der Waals surface area contributed by atoms with Crippen molar-refractivity contribution in [3.8, 4) is 0 Å². The van der Waals surface area contributed by atoms with E-state index in [0.717, 1.165) is 18.4 Å². The number of rotatable bonds is 3. The average molecular weight is 507 g/mol. The second kappa shape index (κ2) is 12.6. The Bertz CT molecular complexity index is 860. The minimum atomic E-state index is -2.11. The SMILES string of the molecule is CO[C@H]1CCCC[C@@H](c2ccccc2)OC(=O)[C@@H](C)[C@@]2(O)O[C@H]([C@@H](C)[C@H](O)[C@H]2OC)[C@@H](C)/C=C/[C@H]1O. The third kappa shape index (κ3) is 6.18. The molecule has 36 heavy (non-hydrogen) atoms. The number of aliphatic hydroxyl groups excluding tert-OH is 2. The van der Waals surface area contributed by atoms with Crippen LogP contribution < -0.4 is 0 Å². The average Bonchev–Trinajstić information content (AvgIpc) is 2.88. The van der Waals surface area contributed by atoms with Crippen LogP contribution in [0.5, 0.6) is 0 Å². The van der Waals surface area contributed by atoms with Crippen molar-refractivity contribution in [2.24, 2.45) is 17.8 Å². The van der Waals surface area contributed by atoms with Crippen LogP contribution in [0.4, 0.5) is 0 Å². The molecule has 0 amide bonds. The Hall–Kier alpha value is -1.81. The van der Waals surface area contributed by atoms with E-state index in [1.54, 1.807) is 19.3 Å². The Morgan fingerprint density at radius 2 is 1.64 bits per heavy atom. The van der Waals surface area contributed by atoms with Crippen molar-refractivity contribution >= 4 is 5.97 Å². The van der Waals surface area contributed by atoms with Gasteiger partial charge in [0.2, 0.25) is 5.79 Å². The van der Waals surface area contributed by atoms with Gasteiger partial charge in [0.05, 0.1) is 24.4 Å². The smallest absolute Gasteiger partial charge is 0.314 e. The highest BCUT2D eigenvalue weighted by Crippen LogP contribution is 2.41. The summed E-state index contributed by atoms with van der Waals surface area (Å²) in [6.45, 7) is 5.23. The summed E-state index contributed by atoms with van der Waals surface area (Å²) in [6, 6.07) is 9.48. The molecule has 2 aliphatic heterocycles. The highest BCUT2D eigenvalue weighted by atomic mass is 16.7. The number of esters is 1. The number of methoxy groups -OCH3 is 2. The predicted molar refractivity (Wildman–Crippen MR) is 134 cm³/mol. The molecule has 1 saturated heterocycles. The van der Waals surface area contributed by atoms with Gasteiger partial charge in [0.15, 0.2) is 0 Å². The third-order valence-corrected chi connectivity index (χ3v) is 7.78. The lowest BCUT2D eigenvalue weighted by Gasteiger charge is -2.51. The Labute approximate surface area is 214 Å². The van der Waals surface area contributed by atoms with Crippen molar-refractivity contribution < 1.29 is 39.1 Å². The molecule has 3 N–H and O–H groups in total. The zero-order valence-corrected chi connectivity index (χ0v) is 21.9. The summed E-state index contributed by atoms with van der Waals surface area (Å²) < 4.78 is 23.1. The quantitative estimate of drug-likeness (QED) is 0.423. The minimum absolute atomic E-state index is 0.292. The van der Waals surface area contributed by atoms with Gasteiger partial charge in [0, 0.05) is 26.1 Å². The maximum Gasteiger partial charge on any atom is 0.314 e. The van der Waals surface area contributed by atoms with Crippen LogP contribution in [-0.2, 0) is 23.7 Å². The molecule has 0 aromatic heterocycles. The normalized spacial score (nSPS) is 41.9. The Balaban J connectivity index is 1.99. The number of cyclic esters (lactones) is 1. The lowest BCUT2D eigenvalue weighted by atomic mass is 9.78. The van der Waals surface area contributed by atoms with Crippen LogP contribution in [0.3, 0.4) is 0 Å². The fraction of sp³-hybridized carbons (Fsp3) is 0.679. The van der Waals surface area contributed by atoms with E-state index in [-0.39, 0.29) is 12.0 Å². The summed E-state index contributed by atoms with van der Waals surface area (Å²) in [4.78, 5) is 13.4. The molecule has 10 atom stereocenters. The number of aliphatic hydroxyl groups is 3. The highest BCUT2D eigenvalue weighted by molar-refractivity contribution is 5.73. The zero-order valence-electron chi connectivity index (χ0n) is 21.9. The Morgan fingerprint density at radius 3 is 2.28 bits per heavy atom. The van der Waals surface area contributed by atoms with Gasteiger partial charge < -0.3 is 34.3 Å². The molecule has 0 aliphatic carbocycles. The standard InChI is InChI=1S/C28H42O8/c1-17-15-16-21(29)23(33-4)14-10-9-13-22(20-11-7-6-8-12-20)35-27(31)19(3)28(32)26(34-5)24(30)18(2)25(17)36-28/h6-8,11-12,15-19,21-26,29-30,32H,9-10,13-14H2,1-5H3/b16-15+/t17-,18-,19+,21+,22-,23-,24-,25-,26+,28+/m0/s1. The monoisotopic (exact) mass is 506 g/mol. The Morgan fingerprint density at radius 1 is 0.972 bits per heavy atom. The number of benzene rings is 1. The van der Waals surface area contributed by atoms with Crippen molar-refractivity contribution in [2.75, 3.05) is 14.2 Å². The number of hydrogen-bond acceptors (Lipinski definition) is 8. The summed E-state index contributed by atoms with van der Waals surface area (Å²) in [5.41, 5.74) is 0.852. The van der Waals surface area contributed by atoms with Crippen molar-refractivity contribution in [1.82, 2.24) is 0 Å². The first-order chi connectivity index (χ1) is 17.1. The van der Waals surface area contributed by atoms with Gasteiger partial charge in [-0.3, -0.25) is 4.79 Å². The Kier molecular flexibility index (Phi) is 10.1. The molecule has 2 heterocycles. The number of ether oxygens (including phenoxy) is 4. The molecule has 0 unspecified atom stereocenters. The molecule has 3 rings (SSSR count). The molecule has 1 fully saturated rings. The number of fused-ring (bicyclic) bond motifs is 2. The zero-order chi connectivity index (χ0) is 26.5. The molecule has 0 spiro atoms. The van der Waals surface area contributed by atoms with E-state index in [4.69, 9.17) is 18.9 Å². The first-order valence-corrected chi connectivity index (χ1v) is 12.9. The predicted octanol–water partition coefficient (Wildman–Crippen LogP) is 3.15. The van der Waals surface area contributed by atoms with Crippen molar-refractivity contribution in [2.45, 2.75) is 88.9 Å². The molecule has 0 radical (unpaired) electrons. The fourth-order valence-corrected chi connectivity index (χ4v) is 5.35. The van der Waals surface area contributed by atoms with Gasteiger partial charge in [-0.1, -0.05) is 62.8 Å². The van der Waals surface area contributed by atoms with Crippen LogP contribution >= 0.6 is 0 Å². The van der Waals surface area contributed by atoms with E-state index in [1.807, 2.05) is 44.2 Å². The molecule has 2 bridgehead atoms. The van der Waals surface area contributed by atoms with Gasteiger partial charge in [-0.15, -0.1) is 0 Å². The molecule has 1 aromatic carbocycles. The van der Waals surface area contributed by atoms with Gasteiger partial charge in [0.25, 0.3) is 0 Å². The highest BCUT2D eigenvalue weighted by Gasteiger charge is 2.58. The second-order valence-electron chi connectivity index (χ2n) is 10.2. The second-order valence-corrected chi connectivity index (χ2v) is 10.2. The number of carbonyl (C=O) groups is 1. The van der Waals surface area contributed by atoms with E-state index in [2.05, 4.69) is 0 Å². The molecule has 202 valence electrons. The van der Waals surface area contributed by atoms with Crippen molar-refractivity contribution in [1.29, 1.82) is 0 Å². The van der Waals surface area contributed by atoms with Crippen LogP contribution in [0.1, 0.15) is 58.1 Å². The molecular weight excluding hydrogens is 464 g/mol. The van der Waals surface area contributed by atoms with Gasteiger partial charge in [-0.2, -0.15) is 0 Å². The maximum absolute atomic E-state index is 13.4. The lowest BCUT2D eigenvalue weighted by molar-refractivity contribution is -0.360. The summed E-state index contributed by atoms with van der Waals surface area (Å²) in [7, 11) is 2.95. The van der Waals surface area contributed by atoms with Crippen LogP contribution in [-0.4, -0.2) is 71.8 Å². The summed E-state index contributed by atoms with van der Waals surface area (Å²) >= 11 is 0. The summed E-state index contributed by atoms with van der Waals surface area (Å²) in [5.74, 6) is -4.58. The first kappa shape index (κ1) is 28.8. The largest absolute Gasteiger partial charge is 0.457 e. The topological polar surface area (TPSA) is 115 Å². The van der Waals surface area contributed by atoms with Gasteiger partial charge in [-0.25, -0.2) is 0 Å². The van der Waals surface area contributed by atoms with E-state index in [0.29, 0.717) is 12.8 Å². The number of hydrogen-bond donors (Lipinski definition) is 3. The molecule has 2 aliphatic rings. The van der Waals surface area contributed by atoms with Crippen molar-refractivity contribution in [3.63, 3.8) is 0 Å². The van der Waals surface area contributed by atoms with E-state index >= 15 is 0 Å².